The van der Waals surface area contributed by atoms with Gasteiger partial charge in [-0.15, -0.1) is 22.6 Å². The highest BCUT2D eigenvalue weighted by Crippen LogP contribution is 2.29. The summed E-state index contributed by atoms with van der Waals surface area (Å²) in [6, 6.07) is 7.52. The summed E-state index contributed by atoms with van der Waals surface area (Å²) in [6.45, 7) is 3.86. The third kappa shape index (κ3) is 3.82. The molecule has 0 saturated carbocycles. The van der Waals surface area contributed by atoms with Gasteiger partial charge in [0.1, 0.15) is 17.5 Å². The minimum atomic E-state index is -0.322. The van der Waals surface area contributed by atoms with Gasteiger partial charge in [0, 0.05) is 43.7 Å². The van der Waals surface area contributed by atoms with Gasteiger partial charge >= 0.3 is 0 Å². The second-order valence-corrected chi connectivity index (χ2v) is 7.45. The lowest BCUT2D eigenvalue weighted by Crippen LogP contribution is -2.39. The third-order valence-corrected chi connectivity index (χ3v) is 5.66. The molecule has 2 aromatic heterocycles. The number of halogens is 2. The molecule has 1 aromatic carbocycles. The van der Waals surface area contributed by atoms with Crippen LogP contribution in [0.15, 0.2) is 34.9 Å². The summed E-state index contributed by atoms with van der Waals surface area (Å²) in [5, 5.41) is 15.9. The van der Waals surface area contributed by atoms with E-state index in [1.807, 2.05) is 0 Å². The van der Waals surface area contributed by atoms with E-state index in [2.05, 4.69) is 25.2 Å². The molecule has 1 amide bonds. The molecule has 5 rings (SSSR count). The zero-order valence-corrected chi connectivity index (χ0v) is 17.1. The maximum absolute atomic E-state index is 13.1. The van der Waals surface area contributed by atoms with Crippen LogP contribution in [-0.2, 0) is 13.1 Å². The van der Waals surface area contributed by atoms with Crippen molar-refractivity contribution in [1.29, 1.82) is 0 Å². The normalized spacial score (nSPS) is 16.8. The molecule has 30 heavy (non-hydrogen) atoms. The molecule has 8 nitrogen and oxygen atoms in total. The first-order valence-electron chi connectivity index (χ1n) is 9.83. The van der Waals surface area contributed by atoms with Gasteiger partial charge in [-0.1, -0.05) is 5.16 Å². The van der Waals surface area contributed by atoms with Crippen molar-refractivity contribution >= 4 is 18.3 Å². The van der Waals surface area contributed by atoms with Gasteiger partial charge in [0.05, 0.1) is 6.54 Å². The summed E-state index contributed by atoms with van der Waals surface area (Å²) in [5.41, 5.74) is 0.955. The molecular formula is C20H22ClFN6O2. The number of fused-ring (bicyclic) bond motifs is 1. The van der Waals surface area contributed by atoms with E-state index in [1.165, 1.54) is 12.1 Å². The number of rotatable bonds is 3. The zero-order valence-electron chi connectivity index (χ0n) is 16.3. The molecule has 1 N–H and O–H groups in total. The van der Waals surface area contributed by atoms with Crippen molar-refractivity contribution in [3.05, 3.63) is 53.5 Å². The van der Waals surface area contributed by atoms with Crippen LogP contribution in [0.2, 0.25) is 0 Å². The number of carbonyl (C=O) groups is 1. The Morgan fingerprint density at radius 2 is 1.90 bits per heavy atom. The molecule has 1 saturated heterocycles. The number of nitrogens with one attached hydrogen (secondary N) is 1. The van der Waals surface area contributed by atoms with E-state index in [0.717, 1.165) is 44.1 Å². The second-order valence-electron chi connectivity index (χ2n) is 7.45. The zero-order chi connectivity index (χ0) is 19.8. The number of hydrogen-bond donors (Lipinski definition) is 1. The summed E-state index contributed by atoms with van der Waals surface area (Å²) in [5.74, 6) is 2.32. The van der Waals surface area contributed by atoms with Crippen LogP contribution in [0, 0.1) is 5.82 Å². The molecule has 0 aliphatic carbocycles. The van der Waals surface area contributed by atoms with Gasteiger partial charge in [-0.05, 0) is 37.1 Å². The highest BCUT2D eigenvalue weighted by atomic mass is 35.5. The maximum Gasteiger partial charge on any atom is 0.276 e. The summed E-state index contributed by atoms with van der Waals surface area (Å²) in [6.07, 6.45) is 1.69. The van der Waals surface area contributed by atoms with Crippen LogP contribution in [0.1, 0.15) is 40.9 Å². The van der Waals surface area contributed by atoms with Crippen LogP contribution in [0.4, 0.5) is 4.39 Å². The Labute approximate surface area is 178 Å². The standard InChI is InChI=1S/C20H21FN6O2.ClH/c21-15-3-1-13(2-4-15)17-11-16(25-29-17)20(28)26-8-5-14(6-9-26)19-24-23-18-12-22-7-10-27(18)19;/h1-4,11,14,22H,5-10,12H2;1H. The Kier molecular flexibility index (Phi) is 5.83. The summed E-state index contributed by atoms with van der Waals surface area (Å²) < 4.78 is 20.6. The molecule has 0 radical (unpaired) electrons. The van der Waals surface area contributed by atoms with Crippen molar-refractivity contribution in [1.82, 2.24) is 30.1 Å². The van der Waals surface area contributed by atoms with Crippen molar-refractivity contribution in [2.75, 3.05) is 19.6 Å². The van der Waals surface area contributed by atoms with Gasteiger partial charge in [0.25, 0.3) is 5.91 Å². The number of amides is 1. The maximum atomic E-state index is 13.1. The minimum Gasteiger partial charge on any atom is -0.355 e. The predicted molar refractivity (Wildman–Crippen MR) is 109 cm³/mol. The monoisotopic (exact) mass is 432 g/mol. The molecular weight excluding hydrogens is 411 g/mol. The number of carbonyl (C=O) groups excluding carboxylic acids is 1. The van der Waals surface area contributed by atoms with Gasteiger partial charge < -0.3 is 19.3 Å². The molecule has 158 valence electrons. The van der Waals surface area contributed by atoms with Gasteiger partial charge in [-0.3, -0.25) is 4.79 Å². The van der Waals surface area contributed by atoms with Crippen LogP contribution in [0.5, 0.6) is 0 Å². The second kappa shape index (κ2) is 8.53. The van der Waals surface area contributed by atoms with E-state index in [9.17, 15) is 9.18 Å². The number of aromatic nitrogens is 4. The molecule has 2 aliphatic rings. The highest BCUT2D eigenvalue weighted by Gasteiger charge is 2.30. The smallest absolute Gasteiger partial charge is 0.276 e. The van der Waals surface area contributed by atoms with Crippen LogP contribution in [0.3, 0.4) is 0 Å². The van der Waals surface area contributed by atoms with Crippen molar-refractivity contribution in [2.45, 2.75) is 31.8 Å². The van der Waals surface area contributed by atoms with Crippen LogP contribution >= 0.6 is 12.4 Å². The summed E-state index contributed by atoms with van der Waals surface area (Å²) in [4.78, 5) is 14.6. The molecule has 0 unspecified atom stereocenters. The van der Waals surface area contributed by atoms with Crippen molar-refractivity contribution in [3.8, 4) is 11.3 Å². The first-order chi connectivity index (χ1) is 14.2. The largest absolute Gasteiger partial charge is 0.355 e. The van der Waals surface area contributed by atoms with E-state index >= 15 is 0 Å². The quantitative estimate of drug-likeness (QED) is 0.684. The van der Waals surface area contributed by atoms with Gasteiger partial charge in [-0.2, -0.15) is 0 Å². The van der Waals surface area contributed by atoms with Gasteiger partial charge in [-0.25, -0.2) is 4.39 Å². The Hall–Kier alpha value is -2.78. The lowest BCUT2D eigenvalue weighted by atomic mass is 9.95. The Bertz CT molecular complexity index is 1030. The first-order valence-corrected chi connectivity index (χ1v) is 9.83. The average molecular weight is 433 g/mol. The Morgan fingerprint density at radius 1 is 1.13 bits per heavy atom. The number of benzene rings is 1. The van der Waals surface area contributed by atoms with E-state index in [4.69, 9.17) is 4.52 Å². The SMILES string of the molecule is Cl.O=C(c1cc(-c2ccc(F)cc2)on1)N1CCC(c2nnc3n2CCNC3)CC1. The molecule has 3 aromatic rings. The molecule has 4 heterocycles. The van der Waals surface area contributed by atoms with E-state index in [1.54, 1.807) is 23.1 Å². The number of nitrogens with zero attached hydrogens (tertiary/aromatic N) is 5. The number of likely N-dealkylation sites (tertiary alicyclic amines) is 1. The van der Waals surface area contributed by atoms with Crippen molar-refractivity contribution in [2.24, 2.45) is 0 Å². The predicted octanol–water partition coefficient (Wildman–Crippen LogP) is 2.62. The molecule has 0 spiro atoms. The highest BCUT2D eigenvalue weighted by molar-refractivity contribution is 5.93. The average Bonchev–Trinajstić information content (AvgIpc) is 3.42. The topological polar surface area (TPSA) is 89.1 Å². The van der Waals surface area contributed by atoms with Crippen LogP contribution in [-0.4, -0.2) is 50.4 Å². The van der Waals surface area contributed by atoms with E-state index < -0.39 is 0 Å². The van der Waals surface area contributed by atoms with E-state index in [-0.39, 0.29) is 29.8 Å². The summed E-state index contributed by atoms with van der Waals surface area (Å²) in [7, 11) is 0. The van der Waals surface area contributed by atoms with Crippen LogP contribution in [0.25, 0.3) is 11.3 Å². The molecule has 2 aliphatic heterocycles. The van der Waals surface area contributed by atoms with Gasteiger partial charge in [0.15, 0.2) is 11.5 Å². The summed E-state index contributed by atoms with van der Waals surface area (Å²) >= 11 is 0. The molecule has 1 fully saturated rings. The van der Waals surface area contributed by atoms with Crippen LogP contribution < -0.4 is 5.32 Å². The Morgan fingerprint density at radius 3 is 2.67 bits per heavy atom. The fourth-order valence-electron chi connectivity index (χ4n) is 4.05. The Balaban J connectivity index is 0.00000218. The first kappa shape index (κ1) is 20.5. The molecule has 0 bridgehead atoms. The lowest BCUT2D eigenvalue weighted by molar-refractivity contribution is 0.0699. The lowest BCUT2D eigenvalue weighted by Gasteiger charge is -2.31. The third-order valence-electron chi connectivity index (χ3n) is 5.66. The van der Waals surface area contributed by atoms with Crippen molar-refractivity contribution in [3.63, 3.8) is 0 Å². The van der Waals surface area contributed by atoms with Gasteiger partial charge in [0.2, 0.25) is 0 Å². The number of hydrogen-bond acceptors (Lipinski definition) is 6. The fourth-order valence-corrected chi connectivity index (χ4v) is 4.05. The molecule has 0 atom stereocenters. The number of piperidine rings is 1. The minimum absolute atomic E-state index is 0. The molecule has 10 heteroatoms. The van der Waals surface area contributed by atoms with E-state index in [0.29, 0.717) is 30.3 Å². The fraction of sp³-hybridized carbons (Fsp3) is 0.400. The van der Waals surface area contributed by atoms with Crippen molar-refractivity contribution < 1.29 is 13.7 Å².